The van der Waals surface area contributed by atoms with Crippen molar-refractivity contribution < 1.29 is 19.7 Å². The second-order valence-corrected chi connectivity index (χ2v) is 8.71. The quantitative estimate of drug-likeness (QED) is 0.219. The zero-order chi connectivity index (χ0) is 22.4. The minimum atomic E-state index is -0.953. The van der Waals surface area contributed by atoms with E-state index < -0.39 is 12.1 Å². The molecule has 4 heteroatoms. The zero-order valence-corrected chi connectivity index (χ0v) is 19.1. The molecule has 0 aliphatic heterocycles. The standard InChI is InChI=1S/C26H40O4/c1-21(2)10-9-11-22(3)14-15-24(27)13-6-8-18-26(4)17-7-5-12-23(26)16-19-30-20-25(28)29/h6-8,10,13,16-18,22,24,27H,5,9,11-12,14-15,19-20H2,1-4H3,(H,28,29)/b13-6+,18-8+,23-16+/t22-,24-,26-/m0/s1. The van der Waals surface area contributed by atoms with Gasteiger partial charge < -0.3 is 14.9 Å². The van der Waals surface area contributed by atoms with E-state index >= 15 is 0 Å². The Balaban J connectivity index is 2.50. The van der Waals surface area contributed by atoms with Crippen LogP contribution in [0.4, 0.5) is 0 Å². The molecule has 168 valence electrons. The van der Waals surface area contributed by atoms with Crippen LogP contribution in [0, 0.1) is 11.3 Å². The second kappa shape index (κ2) is 14.2. The highest BCUT2D eigenvalue weighted by atomic mass is 16.5. The van der Waals surface area contributed by atoms with E-state index in [-0.39, 0.29) is 12.0 Å². The van der Waals surface area contributed by atoms with Gasteiger partial charge in [-0.15, -0.1) is 0 Å². The van der Waals surface area contributed by atoms with Gasteiger partial charge in [0.1, 0.15) is 6.61 Å². The van der Waals surface area contributed by atoms with E-state index in [4.69, 9.17) is 9.84 Å². The summed E-state index contributed by atoms with van der Waals surface area (Å²) in [6, 6.07) is 0. The maximum atomic E-state index is 10.6. The number of carboxylic acid groups (broad SMARTS) is 1. The number of aliphatic hydroxyl groups excluding tert-OH is 1. The molecule has 4 nitrogen and oxygen atoms in total. The van der Waals surface area contributed by atoms with Crippen molar-refractivity contribution in [3.8, 4) is 0 Å². The number of aliphatic carboxylic acids is 1. The smallest absolute Gasteiger partial charge is 0.329 e. The number of hydrogen-bond donors (Lipinski definition) is 2. The highest BCUT2D eigenvalue weighted by molar-refractivity contribution is 5.68. The molecule has 0 spiro atoms. The number of ether oxygens (including phenoxy) is 1. The van der Waals surface area contributed by atoms with E-state index in [1.165, 1.54) is 11.1 Å². The number of aliphatic hydroxyl groups is 1. The van der Waals surface area contributed by atoms with Crippen LogP contribution in [-0.2, 0) is 9.53 Å². The highest BCUT2D eigenvalue weighted by Gasteiger charge is 2.24. The van der Waals surface area contributed by atoms with Crippen LogP contribution in [0.2, 0.25) is 0 Å². The first-order chi connectivity index (χ1) is 14.2. The summed E-state index contributed by atoms with van der Waals surface area (Å²) in [5, 5.41) is 18.9. The van der Waals surface area contributed by atoms with Crippen molar-refractivity contribution >= 4 is 5.97 Å². The molecule has 1 rings (SSSR count). The lowest BCUT2D eigenvalue weighted by Gasteiger charge is -2.29. The number of carbonyl (C=O) groups is 1. The van der Waals surface area contributed by atoms with Crippen molar-refractivity contribution in [2.75, 3.05) is 13.2 Å². The largest absolute Gasteiger partial charge is 0.480 e. The minimum Gasteiger partial charge on any atom is -0.480 e. The van der Waals surface area contributed by atoms with E-state index in [2.05, 4.69) is 52.0 Å². The predicted molar refractivity (Wildman–Crippen MR) is 124 cm³/mol. The van der Waals surface area contributed by atoms with Crippen molar-refractivity contribution in [2.45, 2.75) is 72.3 Å². The summed E-state index contributed by atoms with van der Waals surface area (Å²) in [7, 11) is 0. The van der Waals surface area contributed by atoms with Gasteiger partial charge in [-0.2, -0.15) is 0 Å². The molecular weight excluding hydrogens is 376 g/mol. The molecular formula is C26H40O4. The lowest BCUT2D eigenvalue weighted by molar-refractivity contribution is -0.141. The molecule has 0 unspecified atom stereocenters. The number of allylic oxidation sites excluding steroid dienone is 8. The maximum absolute atomic E-state index is 10.6. The Kier molecular flexibility index (Phi) is 12.3. The molecule has 0 amide bonds. The van der Waals surface area contributed by atoms with Gasteiger partial charge in [0.25, 0.3) is 0 Å². The lowest BCUT2D eigenvalue weighted by Crippen LogP contribution is -2.17. The van der Waals surface area contributed by atoms with Crippen molar-refractivity contribution in [3.63, 3.8) is 0 Å². The van der Waals surface area contributed by atoms with Crippen LogP contribution < -0.4 is 0 Å². The molecule has 1 aliphatic rings. The van der Waals surface area contributed by atoms with Crippen LogP contribution in [0.3, 0.4) is 0 Å². The van der Waals surface area contributed by atoms with E-state index in [9.17, 15) is 9.90 Å². The third-order valence-electron chi connectivity index (χ3n) is 5.46. The molecule has 0 heterocycles. The van der Waals surface area contributed by atoms with Gasteiger partial charge >= 0.3 is 5.97 Å². The number of rotatable bonds is 13. The summed E-state index contributed by atoms with van der Waals surface area (Å²) in [6.07, 6.45) is 22.1. The normalized spacial score (nSPS) is 22.6. The Morgan fingerprint density at radius 1 is 1.27 bits per heavy atom. The second-order valence-electron chi connectivity index (χ2n) is 8.71. The molecule has 2 N–H and O–H groups in total. The van der Waals surface area contributed by atoms with Crippen LogP contribution in [0.1, 0.15) is 66.2 Å². The Bertz CT molecular complexity index is 665. The molecule has 0 saturated heterocycles. The van der Waals surface area contributed by atoms with Gasteiger partial charge in [0, 0.05) is 5.41 Å². The van der Waals surface area contributed by atoms with Crippen LogP contribution in [0.5, 0.6) is 0 Å². The summed E-state index contributed by atoms with van der Waals surface area (Å²) in [5.41, 5.74) is 2.38. The molecule has 1 aliphatic carbocycles. The van der Waals surface area contributed by atoms with Gasteiger partial charge in [0.15, 0.2) is 0 Å². The van der Waals surface area contributed by atoms with E-state index in [1.807, 2.05) is 24.3 Å². The Hall–Kier alpha value is -1.91. The van der Waals surface area contributed by atoms with Gasteiger partial charge in [-0.3, -0.25) is 0 Å². The first-order valence-corrected chi connectivity index (χ1v) is 11.1. The molecule has 0 aromatic rings. The number of hydrogen-bond acceptors (Lipinski definition) is 3. The third kappa shape index (κ3) is 11.3. The summed E-state index contributed by atoms with van der Waals surface area (Å²) < 4.78 is 5.16. The SMILES string of the molecule is CC(C)=CCC[C@H](C)CC[C@@H](O)/C=C/C=C/[C@]1(C)C=CCC/C1=C\COCC(=O)O. The van der Waals surface area contributed by atoms with Crippen LogP contribution >= 0.6 is 0 Å². The first kappa shape index (κ1) is 26.1. The molecule has 0 radical (unpaired) electrons. The molecule has 0 bridgehead atoms. The van der Waals surface area contributed by atoms with Crippen LogP contribution in [0.15, 0.2) is 59.8 Å². The molecule has 0 aromatic heterocycles. The van der Waals surface area contributed by atoms with Crippen LogP contribution in [-0.4, -0.2) is 35.5 Å². The summed E-state index contributed by atoms with van der Waals surface area (Å²) in [6.45, 7) is 8.67. The molecule has 30 heavy (non-hydrogen) atoms. The molecule has 0 aromatic carbocycles. The van der Waals surface area contributed by atoms with Crippen LogP contribution in [0.25, 0.3) is 0 Å². The molecule has 0 fully saturated rings. The first-order valence-electron chi connectivity index (χ1n) is 11.1. The lowest BCUT2D eigenvalue weighted by atomic mass is 9.75. The highest BCUT2D eigenvalue weighted by Crippen LogP contribution is 2.37. The monoisotopic (exact) mass is 416 g/mol. The third-order valence-corrected chi connectivity index (χ3v) is 5.46. The molecule has 3 atom stereocenters. The zero-order valence-electron chi connectivity index (χ0n) is 19.1. The van der Waals surface area contributed by atoms with E-state index in [0.29, 0.717) is 12.5 Å². The Morgan fingerprint density at radius 2 is 2.03 bits per heavy atom. The van der Waals surface area contributed by atoms with Gasteiger partial charge in [-0.1, -0.05) is 66.7 Å². The fourth-order valence-corrected chi connectivity index (χ4v) is 3.53. The molecule has 0 saturated carbocycles. The summed E-state index contributed by atoms with van der Waals surface area (Å²) >= 11 is 0. The average Bonchev–Trinajstić information content (AvgIpc) is 2.68. The van der Waals surface area contributed by atoms with Gasteiger partial charge in [0.05, 0.1) is 12.7 Å². The topological polar surface area (TPSA) is 66.8 Å². The predicted octanol–water partition coefficient (Wildman–Crippen LogP) is 6.01. The fraction of sp³-hybridized carbons (Fsp3) is 0.577. The average molecular weight is 417 g/mol. The summed E-state index contributed by atoms with van der Waals surface area (Å²) in [5.74, 6) is -0.341. The Morgan fingerprint density at radius 3 is 2.73 bits per heavy atom. The van der Waals surface area contributed by atoms with Crippen molar-refractivity contribution in [1.29, 1.82) is 0 Å². The van der Waals surface area contributed by atoms with Gasteiger partial charge in [0.2, 0.25) is 0 Å². The fourth-order valence-electron chi connectivity index (χ4n) is 3.53. The van der Waals surface area contributed by atoms with Crippen molar-refractivity contribution in [2.24, 2.45) is 11.3 Å². The van der Waals surface area contributed by atoms with Gasteiger partial charge in [-0.25, -0.2) is 4.79 Å². The summed E-state index contributed by atoms with van der Waals surface area (Å²) in [4.78, 5) is 10.6. The Labute approximate surface area is 182 Å². The van der Waals surface area contributed by atoms with Crippen molar-refractivity contribution in [3.05, 3.63) is 59.8 Å². The number of carboxylic acids is 1. The minimum absolute atomic E-state index is 0.209. The van der Waals surface area contributed by atoms with E-state index in [1.54, 1.807) is 0 Å². The van der Waals surface area contributed by atoms with Gasteiger partial charge in [-0.05, 0) is 65.2 Å². The van der Waals surface area contributed by atoms with Crippen molar-refractivity contribution in [1.82, 2.24) is 0 Å². The van der Waals surface area contributed by atoms with E-state index in [0.717, 1.165) is 38.5 Å². The maximum Gasteiger partial charge on any atom is 0.329 e.